The first-order chi connectivity index (χ1) is 15.2. The summed E-state index contributed by atoms with van der Waals surface area (Å²) in [4.78, 5) is 11.6. The fraction of sp³-hybridized carbons (Fsp3) is 0.360. The van der Waals surface area contributed by atoms with Crippen LogP contribution in [0.3, 0.4) is 0 Å². The number of likely N-dealkylation sites (tertiary alicyclic amines) is 1. The first-order valence-electron chi connectivity index (χ1n) is 11.1. The monoisotopic (exact) mass is 479 g/mol. The first kappa shape index (κ1) is 21.8. The summed E-state index contributed by atoms with van der Waals surface area (Å²) in [7, 11) is 0. The Morgan fingerprint density at radius 2 is 1.74 bits per heavy atom. The van der Waals surface area contributed by atoms with Crippen molar-refractivity contribution in [3.8, 4) is 0 Å². The molecule has 1 aliphatic rings. The number of halogens is 1. The van der Waals surface area contributed by atoms with Gasteiger partial charge in [0.05, 0.1) is 4.47 Å². The molecule has 0 amide bonds. The van der Waals surface area contributed by atoms with Crippen molar-refractivity contribution < 1.29 is 0 Å². The smallest absolute Gasteiger partial charge is 0.229 e. The summed E-state index contributed by atoms with van der Waals surface area (Å²) in [5.41, 5.74) is 3.70. The van der Waals surface area contributed by atoms with Crippen molar-refractivity contribution in [1.82, 2.24) is 14.9 Å². The van der Waals surface area contributed by atoms with Gasteiger partial charge >= 0.3 is 0 Å². The van der Waals surface area contributed by atoms with Gasteiger partial charge in [-0.2, -0.15) is 4.98 Å². The van der Waals surface area contributed by atoms with Crippen molar-refractivity contribution in [2.24, 2.45) is 0 Å². The molecule has 6 heteroatoms. The van der Waals surface area contributed by atoms with Crippen molar-refractivity contribution in [1.29, 1.82) is 0 Å². The molecule has 0 saturated carbocycles. The van der Waals surface area contributed by atoms with Crippen LogP contribution in [0.25, 0.3) is 0 Å². The third kappa shape index (κ3) is 6.52. The molecule has 162 valence electrons. The number of aromatic nitrogens is 2. The summed E-state index contributed by atoms with van der Waals surface area (Å²) in [5, 5.41) is 6.84. The summed E-state index contributed by atoms with van der Waals surface area (Å²) >= 11 is 3.57. The molecule has 0 radical (unpaired) electrons. The molecule has 3 aromatic rings. The van der Waals surface area contributed by atoms with Gasteiger partial charge < -0.3 is 10.6 Å². The summed E-state index contributed by atoms with van der Waals surface area (Å²) in [6, 6.07) is 19.4. The zero-order chi connectivity index (χ0) is 21.5. The zero-order valence-electron chi connectivity index (χ0n) is 18.0. The molecule has 2 aromatic carbocycles. The number of hydrogen-bond acceptors (Lipinski definition) is 5. The largest absolute Gasteiger partial charge is 0.367 e. The van der Waals surface area contributed by atoms with Crippen LogP contribution in [0, 0.1) is 0 Å². The minimum Gasteiger partial charge on any atom is -0.367 e. The Balaban J connectivity index is 1.33. The molecule has 1 unspecified atom stereocenters. The van der Waals surface area contributed by atoms with E-state index in [1.54, 1.807) is 6.20 Å². The molecule has 1 atom stereocenters. The van der Waals surface area contributed by atoms with E-state index in [0.29, 0.717) is 12.0 Å². The Morgan fingerprint density at radius 3 is 2.48 bits per heavy atom. The standard InChI is InChI=1S/C25H30BrN5/c1-19(9-10-20-7-3-2-4-8-20)28-24-23(26)17-27-25(30-24)29-22-13-11-21(12-14-22)18-31-15-5-6-16-31/h2-4,7-8,11-14,17,19H,5-6,9-10,15-16,18H2,1H3,(H2,27,28,29,30). The molecular weight excluding hydrogens is 450 g/mol. The van der Waals surface area contributed by atoms with Crippen LogP contribution in [0.2, 0.25) is 0 Å². The molecule has 1 saturated heterocycles. The third-order valence-electron chi connectivity index (χ3n) is 5.65. The van der Waals surface area contributed by atoms with Crippen molar-refractivity contribution in [2.75, 3.05) is 23.7 Å². The second-order valence-electron chi connectivity index (χ2n) is 8.26. The van der Waals surface area contributed by atoms with Crippen LogP contribution in [-0.2, 0) is 13.0 Å². The normalized spacial score (nSPS) is 15.0. The third-order valence-corrected chi connectivity index (χ3v) is 6.23. The molecule has 0 aliphatic carbocycles. The molecular formula is C25H30BrN5. The minimum absolute atomic E-state index is 0.295. The van der Waals surface area contributed by atoms with Gasteiger partial charge in [0.2, 0.25) is 5.95 Å². The highest BCUT2D eigenvalue weighted by molar-refractivity contribution is 9.10. The van der Waals surface area contributed by atoms with Crippen LogP contribution in [0.15, 0.2) is 65.3 Å². The van der Waals surface area contributed by atoms with Gasteiger partial charge in [-0.25, -0.2) is 4.98 Å². The van der Waals surface area contributed by atoms with Crippen LogP contribution in [0.5, 0.6) is 0 Å². The van der Waals surface area contributed by atoms with Crippen LogP contribution in [0.1, 0.15) is 37.3 Å². The predicted octanol–water partition coefficient (Wildman–Crippen LogP) is 6.01. The lowest BCUT2D eigenvalue weighted by atomic mass is 10.1. The summed E-state index contributed by atoms with van der Waals surface area (Å²) in [6.45, 7) is 5.65. The Hall–Kier alpha value is -2.44. The van der Waals surface area contributed by atoms with Crippen LogP contribution in [0.4, 0.5) is 17.5 Å². The maximum Gasteiger partial charge on any atom is 0.229 e. The van der Waals surface area contributed by atoms with E-state index in [4.69, 9.17) is 0 Å². The molecule has 4 rings (SSSR count). The maximum atomic E-state index is 4.68. The molecule has 0 bridgehead atoms. The van der Waals surface area contributed by atoms with Gasteiger partial charge in [-0.05, 0) is 84.9 Å². The van der Waals surface area contributed by atoms with E-state index < -0.39 is 0 Å². The Bertz CT molecular complexity index is 955. The zero-order valence-corrected chi connectivity index (χ0v) is 19.6. The average molecular weight is 480 g/mol. The fourth-order valence-corrected chi connectivity index (χ4v) is 4.19. The van der Waals surface area contributed by atoms with Crippen molar-refractivity contribution >= 4 is 33.4 Å². The first-order valence-corrected chi connectivity index (χ1v) is 11.9. The number of nitrogens with one attached hydrogen (secondary N) is 2. The highest BCUT2D eigenvalue weighted by Crippen LogP contribution is 2.24. The highest BCUT2D eigenvalue weighted by Gasteiger charge is 2.12. The molecule has 1 aromatic heterocycles. The number of hydrogen-bond donors (Lipinski definition) is 2. The summed E-state index contributed by atoms with van der Waals surface area (Å²) in [5.74, 6) is 1.40. The number of anilines is 3. The van der Waals surface area contributed by atoms with Gasteiger partial charge in [-0.3, -0.25) is 4.90 Å². The minimum atomic E-state index is 0.295. The van der Waals surface area contributed by atoms with Gasteiger partial charge in [-0.1, -0.05) is 42.5 Å². The lowest BCUT2D eigenvalue weighted by molar-refractivity contribution is 0.331. The number of benzene rings is 2. The van der Waals surface area contributed by atoms with E-state index in [1.807, 2.05) is 0 Å². The van der Waals surface area contributed by atoms with Crippen molar-refractivity contribution in [3.63, 3.8) is 0 Å². The van der Waals surface area contributed by atoms with E-state index in [2.05, 4.69) is 103 Å². The summed E-state index contributed by atoms with van der Waals surface area (Å²) < 4.78 is 0.866. The number of rotatable bonds is 9. The molecule has 0 spiro atoms. The topological polar surface area (TPSA) is 53.1 Å². The van der Waals surface area contributed by atoms with E-state index >= 15 is 0 Å². The SMILES string of the molecule is CC(CCc1ccccc1)Nc1nc(Nc2ccc(CN3CCCC3)cc2)ncc1Br. The summed E-state index contributed by atoms with van der Waals surface area (Å²) in [6.07, 6.45) is 6.50. The van der Waals surface area contributed by atoms with E-state index in [0.717, 1.165) is 35.4 Å². The molecule has 5 nitrogen and oxygen atoms in total. The van der Waals surface area contributed by atoms with E-state index in [9.17, 15) is 0 Å². The second-order valence-corrected chi connectivity index (χ2v) is 9.12. The van der Waals surface area contributed by atoms with Gasteiger partial charge in [0.15, 0.2) is 0 Å². The van der Waals surface area contributed by atoms with Gasteiger partial charge in [-0.15, -0.1) is 0 Å². The quantitative estimate of drug-likeness (QED) is 0.393. The second kappa shape index (κ2) is 10.7. The van der Waals surface area contributed by atoms with E-state index in [1.165, 1.54) is 37.1 Å². The van der Waals surface area contributed by atoms with Gasteiger partial charge in [0.25, 0.3) is 0 Å². The van der Waals surface area contributed by atoms with Crippen molar-refractivity contribution in [3.05, 3.63) is 76.4 Å². The van der Waals surface area contributed by atoms with E-state index in [-0.39, 0.29) is 0 Å². The van der Waals surface area contributed by atoms with Crippen LogP contribution in [-0.4, -0.2) is 34.0 Å². The lowest BCUT2D eigenvalue weighted by Crippen LogP contribution is -2.18. The highest BCUT2D eigenvalue weighted by atomic mass is 79.9. The molecule has 1 fully saturated rings. The van der Waals surface area contributed by atoms with Gasteiger partial charge in [0.1, 0.15) is 5.82 Å². The fourth-order valence-electron chi connectivity index (χ4n) is 3.88. The van der Waals surface area contributed by atoms with Gasteiger partial charge in [0, 0.05) is 24.5 Å². The lowest BCUT2D eigenvalue weighted by Gasteiger charge is -2.17. The molecule has 2 heterocycles. The molecule has 1 aliphatic heterocycles. The Labute approximate surface area is 193 Å². The molecule has 31 heavy (non-hydrogen) atoms. The average Bonchev–Trinajstić information content (AvgIpc) is 3.30. The maximum absolute atomic E-state index is 4.68. The molecule has 2 N–H and O–H groups in total. The predicted molar refractivity (Wildman–Crippen MR) is 132 cm³/mol. The van der Waals surface area contributed by atoms with Crippen molar-refractivity contribution in [2.45, 2.75) is 45.2 Å². The Morgan fingerprint density at radius 1 is 1.00 bits per heavy atom. The van der Waals surface area contributed by atoms with Crippen LogP contribution < -0.4 is 10.6 Å². The number of aryl methyl sites for hydroxylation is 1. The van der Waals surface area contributed by atoms with Crippen LogP contribution >= 0.6 is 15.9 Å². The Kier molecular flexibility index (Phi) is 7.54. The number of nitrogens with zero attached hydrogens (tertiary/aromatic N) is 3.